The molecule has 170 valence electrons. The zero-order valence-corrected chi connectivity index (χ0v) is 22.8. The van der Waals surface area contributed by atoms with E-state index in [1.165, 1.54) is 46.9 Å². The molecule has 0 unspecified atom stereocenters. The summed E-state index contributed by atoms with van der Waals surface area (Å²) < 4.78 is 5.64. The van der Waals surface area contributed by atoms with Gasteiger partial charge in [0, 0.05) is 5.29 Å². The van der Waals surface area contributed by atoms with Crippen LogP contribution in [0.25, 0.3) is 0 Å². The molecule has 0 N–H and O–H groups in total. The van der Waals surface area contributed by atoms with Crippen LogP contribution < -0.4 is 0 Å². The summed E-state index contributed by atoms with van der Waals surface area (Å²) in [6, 6.07) is 4.49. The van der Waals surface area contributed by atoms with E-state index in [1.54, 1.807) is 7.11 Å². The molecular formula is C28H41O2P. The Labute approximate surface area is 191 Å². The van der Waals surface area contributed by atoms with E-state index < -0.39 is 5.41 Å². The second-order valence-corrected chi connectivity index (χ2v) is 14.0. The molecule has 1 aromatic carbocycles. The molecule has 0 spiro atoms. The van der Waals surface area contributed by atoms with Crippen LogP contribution in [0.2, 0.25) is 0 Å². The number of benzene rings is 1. The Morgan fingerprint density at radius 2 is 1.29 bits per heavy atom. The molecule has 0 amide bonds. The highest BCUT2D eigenvalue weighted by atomic mass is 31.1. The lowest BCUT2D eigenvalue weighted by atomic mass is 9.38. The molecule has 2 aliphatic rings. The van der Waals surface area contributed by atoms with Crippen LogP contribution in [0.15, 0.2) is 23.3 Å². The number of ether oxygens (including phenoxy) is 1. The van der Waals surface area contributed by atoms with Crippen LogP contribution >= 0.6 is 8.20 Å². The second-order valence-electron chi connectivity index (χ2n) is 12.7. The van der Waals surface area contributed by atoms with Gasteiger partial charge >= 0.3 is 5.97 Å². The van der Waals surface area contributed by atoms with Gasteiger partial charge < -0.3 is 4.74 Å². The number of carbonyl (C=O) groups excluding carboxylic acids is 1. The van der Waals surface area contributed by atoms with E-state index in [4.69, 9.17) is 4.74 Å². The van der Waals surface area contributed by atoms with Crippen molar-refractivity contribution in [2.24, 2.45) is 21.7 Å². The average molecular weight is 441 g/mol. The smallest absolute Gasteiger partial charge is 0.322 e. The minimum Gasteiger partial charge on any atom is -0.468 e. The van der Waals surface area contributed by atoms with E-state index in [9.17, 15) is 4.79 Å². The van der Waals surface area contributed by atoms with Crippen molar-refractivity contribution in [3.8, 4) is 0 Å². The summed E-state index contributed by atoms with van der Waals surface area (Å²) in [7, 11) is 2.81. The van der Waals surface area contributed by atoms with Gasteiger partial charge in [0.15, 0.2) is 0 Å². The molecule has 1 heterocycles. The molecule has 0 saturated carbocycles. The Kier molecular flexibility index (Phi) is 5.32. The van der Waals surface area contributed by atoms with Gasteiger partial charge in [0.05, 0.1) is 12.3 Å². The molecule has 3 rings (SSSR count). The monoisotopic (exact) mass is 440 g/mol. The van der Waals surface area contributed by atoms with Crippen LogP contribution in [0.1, 0.15) is 84.6 Å². The fourth-order valence-corrected chi connectivity index (χ4v) is 9.11. The molecule has 0 bridgehead atoms. The average Bonchev–Trinajstić information content (AvgIpc) is 2.52. The Hall–Kier alpha value is -1.40. The molecule has 1 aliphatic carbocycles. The number of esters is 1. The summed E-state index contributed by atoms with van der Waals surface area (Å²) in [5.41, 5.74) is 6.81. The molecule has 2 atom stereocenters. The summed E-state index contributed by atoms with van der Waals surface area (Å²) in [5.74, 6) is -0.0894. The zero-order chi connectivity index (χ0) is 23.9. The van der Waals surface area contributed by atoms with Crippen LogP contribution in [0, 0.1) is 42.4 Å². The largest absolute Gasteiger partial charge is 0.468 e. The highest BCUT2D eigenvalue weighted by molar-refractivity contribution is 7.48. The molecule has 0 fully saturated rings. The molecule has 3 heteroatoms. The first-order valence-corrected chi connectivity index (χ1v) is 12.3. The van der Waals surface area contributed by atoms with Crippen molar-refractivity contribution < 1.29 is 9.53 Å². The highest BCUT2D eigenvalue weighted by Crippen LogP contribution is 2.81. The van der Waals surface area contributed by atoms with Gasteiger partial charge in [-0.3, -0.25) is 4.79 Å². The third kappa shape index (κ3) is 2.90. The standard InChI is InChI=1S/C28H41O2P/c1-16-14-17(2)19(18(3)15-16)22-27(23(29)30-13)20(24(4,5)6)21(25(7,8)9)28(27,31-22)26(10,11)12/h14-15H,1-13H3/t27-,28+/m0/s1. The van der Waals surface area contributed by atoms with Gasteiger partial charge in [-0.2, -0.15) is 0 Å². The lowest BCUT2D eigenvalue weighted by Crippen LogP contribution is -2.77. The van der Waals surface area contributed by atoms with Crippen molar-refractivity contribution in [2.75, 3.05) is 7.11 Å². The second kappa shape index (κ2) is 6.80. The quantitative estimate of drug-likeness (QED) is 0.271. The van der Waals surface area contributed by atoms with Gasteiger partial charge in [0.25, 0.3) is 0 Å². The summed E-state index contributed by atoms with van der Waals surface area (Å²) in [5, 5.41) is 0.981. The van der Waals surface area contributed by atoms with Gasteiger partial charge in [-0.05, 0) is 64.9 Å². The van der Waals surface area contributed by atoms with Crippen molar-refractivity contribution in [1.29, 1.82) is 0 Å². The van der Waals surface area contributed by atoms with E-state index in [-0.39, 0.29) is 27.4 Å². The number of rotatable bonds is 2. The minimum absolute atomic E-state index is 0.0245. The molecule has 2 nitrogen and oxygen atoms in total. The summed E-state index contributed by atoms with van der Waals surface area (Å²) in [4.78, 5) is 14.0. The first-order valence-electron chi connectivity index (χ1n) is 11.4. The van der Waals surface area contributed by atoms with E-state index in [1.807, 2.05) is 0 Å². The molecular weight excluding hydrogens is 399 g/mol. The summed E-state index contributed by atoms with van der Waals surface area (Å²) >= 11 is 0. The fraction of sp³-hybridized carbons (Fsp3) is 0.643. The molecule has 0 radical (unpaired) electrons. The number of hydrogen-bond donors (Lipinski definition) is 0. The van der Waals surface area contributed by atoms with E-state index in [0.717, 1.165) is 0 Å². The van der Waals surface area contributed by atoms with Crippen molar-refractivity contribution in [3.63, 3.8) is 0 Å². The van der Waals surface area contributed by atoms with Crippen molar-refractivity contribution >= 4 is 19.5 Å². The first-order chi connectivity index (χ1) is 13.9. The fourth-order valence-electron chi connectivity index (χ4n) is 6.56. The van der Waals surface area contributed by atoms with Gasteiger partial charge in [-0.1, -0.05) is 88.2 Å². The summed E-state index contributed by atoms with van der Waals surface area (Å²) in [6.07, 6.45) is 0. The van der Waals surface area contributed by atoms with Crippen LogP contribution in [-0.4, -0.2) is 23.5 Å². The molecule has 1 aromatic rings. The number of hydrogen-bond acceptors (Lipinski definition) is 2. The lowest BCUT2D eigenvalue weighted by molar-refractivity contribution is -0.152. The van der Waals surface area contributed by atoms with E-state index >= 15 is 0 Å². The van der Waals surface area contributed by atoms with Gasteiger partial charge in [0.1, 0.15) is 5.41 Å². The number of fused-ring (bicyclic) bond motifs is 1. The lowest BCUT2D eigenvalue weighted by Gasteiger charge is -2.74. The normalized spacial score (nSPS) is 26.5. The third-order valence-corrected chi connectivity index (χ3v) is 9.50. The number of methoxy groups -OCH3 is 1. The predicted molar refractivity (Wildman–Crippen MR) is 134 cm³/mol. The molecule has 31 heavy (non-hydrogen) atoms. The Morgan fingerprint density at radius 1 is 0.839 bits per heavy atom. The van der Waals surface area contributed by atoms with Crippen molar-refractivity contribution in [1.82, 2.24) is 0 Å². The van der Waals surface area contributed by atoms with Crippen LogP contribution in [0.4, 0.5) is 0 Å². The Bertz CT molecular complexity index is 998. The first kappa shape index (κ1) is 24.2. The number of allylic oxidation sites excluding steroid dienone is 1. The SMILES string of the molecule is COC(=O)[C@]12C(c3c(C)cc(C)cc3C)=P[C@@]1(C(C)(C)C)C(C(C)(C)C)=C2C(C)(C)C. The maximum absolute atomic E-state index is 14.0. The van der Waals surface area contributed by atoms with E-state index in [2.05, 4.69) is 95.2 Å². The van der Waals surface area contributed by atoms with Crippen LogP contribution in [-0.2, 0) is 9.53 Å². The van der Waals surface area contributed by atoms with Crippen molar-refractivity contribution in [2.45, 2.75) is 88.2 Å². The van der Waals surface area contributed by atoms with E-state index in [0.29, 0.717) is 0 Å². The van der Waals surface area contributed by atoms with Crippen LogP contribution in [0.5, 0.6) is 0 Å². The maximum Gasteiger partial charge on any atom is 0.322 e. The number of aryl methyl sites for hydroxylation is 3. The minimum atomic E-state index is -0.701. The maximum atomic E-state index is 14.0. The predicted octanol–water partition coefficient (Wildman–Crippen LogP) is 7.44. The molecule has 0 saturated heterocycles. The third-order valence-electron chi connectivity index (χ3n) is 7.16. The number of carbonyl (C=O) groups is 1. The summed E-state index contributed by atoms with van der Waals surface area (Å²) in [6.45, 7) is 27.1. The Balaban J connectivity index is 2.52. The van der Waals surface area contributed by atoms with Crippen molar-refractivity contribution in [3.05, 3.63) is 45.5 Å². The van der Waals surface area contributed by atoms with Gasteiger partial charge in [-0.25, -0.2) is 0 Å². The topological polar surface area (TPSA) is 26.3 Å². The zero-order valence-electron chi connectivity index (χ0n) is 21.9. The van der Waals surface area contributed by atoms with Gasteiger partial charge in [0.2, 0.25) is 0 Å². The molecule has 0 aromatic heterocycles. The van der Waals surface area contributed by atoms with Crippen LogP contribution in [0.3, 0.4) is 0 Å². The van der Waals surface area contributed by atoms with Gasteiger partial charge in [-0.15, -0.1) is 0 Å². The highest BCUT2D eigenvalue weighted by Gasteiger charge is 2.81. The Morgan fingerprint density at radius 3 is 1.65 bits per heavy atom. The molecule has 1 aliphatic heterocycles.